The average molecular weight is 292 g/mol. The van der Waals surface area contributed by atoms with Crippen LogP contribution in [0.3, 0.4) is 0 Å². The van der Waals surface area contributed by atoms with E-state index in [0.717, 1.165) is 19.5 Å². The van der Waals surface area contributed by atoms with E-state index in [2.05, 4.69) is 68.1 Å². The van der Waals surface area contributed by atoms with Crippen molar-refractivity contribution in [2.45, 2.75) is 27.2 Å². The molecule has 0 amide bonds. The molecule has 2 aromatic rings. The van der Waals surface area contributed by atoms with Crippen LogP contribution in [-0.2, 0) is 0 Å². The van der Waals surface area contributed by atoms with Gasteiger partial charge in [0.05, 0.1) is 5.69 Å². The van der Waals surface area contributed by atoms with Gasteiger partial charge < -0.3 is 10.6 Å². The van der Waals surface area contributed by atoms with Crippen molar-refractivity contribution in [3.05, 3.63) is 64.7 Å². The van der Waals surface area contributed by atoms with Gasteiger partial charge in [-0.1, -0.05) is 36.4 Å². The monoisotopic (exact) mass is 292 g/mol. The molecule has 0 atom stereocenters. The summed E-state index contributed by atoms with van der Waals surface area (Å²) >= 11 is 0. The van der Waals surface area contributed by atoms with Gasteiger partial charge in [-0.25, -0.2) is 0 Å². The molecule has 0 radical (unpaired) electrons. The number of hydrogen-bond donors (Lipinski definition) is 1. The number of hydrogen-bond acceptors (Lipinski definition) is 2. The molecular formula is C20H24N2. The highest BCUT2D eigenvalue weighted by atomic mass is 15.1. The summed E-state index contributed by atoms with van der Waals surface area (Å²) in [5, 5.41) is 0. The van der Waals surface area contributed by atoms with Gasteiger partial charge in [0.15, 0.2) is 0 Å². The number of fused-ring (bicyclic) bond motifs is 2. The molecule has 2 N–H and O–H groups in total. The number of nitrogens with zero attached hydrogens (tertiary/aromatic N) is 1. The molecule has 0 aromatic heterocycles. The Morgan fingerprint density at radius 1 is 1.05 bits per heavy atom. The molecule has 0 spiro atoms. The topological polar surface area (TPSA) is 29.3 Å². The SMILES string of the molecule is CC=C1c2ccccc2N(CCCN)c2c1ccc(C)c2C. The van der Waals surface area contributed by atoms with Crippen LogP contribution in [-0.4, -0.2) is 13.1 Å². The Balaban J connectivity index is 2.27. The smallest absolute Gasteiger partial charge is 0.0523 e. The fourth-order valence-electron chi connectivity index (χ4n) is 3.36. The summed E-state index contributed by atoms with van der Waals surface area (Å²) in [5.74, 6) is 0. The molecule has 2 heteroatoms. The van der Waals surface area contributed by atoms with Gasteiger partial charge in [-0.05, 0) is 56.5 Å². The maximum Gasteiger partial charge on any atom is 0.0523 e. The molecule has 2 nitrogen and oxygen atoms in total. The zero-order valence-electron chi connectivity index (χ0n) is 13.7. The Labute approximate surface area is 133 Å². The molecule has 3 rings (SSSR count). The van der Waals surface area contributed by atoms with Crippen LogP contribution in [0.4, 0.5) is 11.4 Å². The van der Waals surface area contributed by atoms with E-state index in [4.69, 9.17) is 5.73 Å². The zero-order chi connectivity index (χ0) is 15.7. The third-order valence-corrected chi connectivity index (χ3v) is 4.62. The fourth-order valence-corrected chi connectivity index (χ4v) is 3.36. The first kappa shape index (κ1) is 14.9. The molecule has 0 saturated heterocycles. The summed E-state index contributed by atoms with van der Waals surface area (Å²) in [4.78, 5) is 2.45. The van der Waals surface area contributed by atoms with Crippen molar-refractivity contribution in [3.8, 4) is 0 Å². The van der Waals surface area contributed by atoms with Gasteiger partial charge in [-0.15, -0.1) is 0 Å². The largest absolute Gasteiger partial charge is 0.340 e. The Morgan fingerprint density at radius 2 is 1.82 bits per heavy atom. The maximum absolute atomic E-state index is 5.77. The van der Waals surface area contributed by atoms with Gasteiger partial charge in [0.1, 0.15) is 0 Å². The number of benzene rings is 2. The van der Waals surface area contributed by atoms with Crippen molar-refractivity contribution in [1.29, 1.82) is 0 Å². The summed E-state index contributed by atoms with van der Waals surface area (Å²) in [7, 11) is 0. The Kier molecular flexibility index (Phi) is 4.04. The van der Waals surface area contributed by atoms with Crippen LogP contribution in [0, 0.1) is 13.8 Å². The first-order valence-electron chi connectivity index (χ1n) is 8.03. The average Bonchev–Trinajstić information content (AvgIpc) is 2.55. The van der Waals surface area contributed by atoms with Crippen LogP contribution in [0.2, 0.25) is 0 Å². The van der Waals surface area contributed by atoms with Crippen LogP contribution < -0.4 is 10.6 Å². The molecule has 22 heavy (non-hydrogen) atoms. The van der Waals surface area contributed by atoms with E-state index in [1.165, 1.54) is 39.2 Å². The summed E-state index contributed by atoms with van der Waals surface area (Å²) < 4.78 is 0. The van der Waals surface area contributed by atoms with Crippen molar-refractivity contribution in [2.24, 2.45) is 5.73 Å². The van der Waals surface area contributed by atoms with E-state index >= 15 is 0 Å². The van der Waals surface area contributed by atoms with Crippen molar-refractivity contribution in [1.82, 2.24) is 0 Å². The van der Waals surface area contributed by atoms with Gasteiger partial charge in [-0.3, -0.25) is 0 Å². The fraction of sp³-hybridized carbons (Fsp3) is 0.300. The van der Waals surface area contributed by atoms with Crippen LogP contribution in [0.25, 0.3) is 5.57 Å². The van der Waals surface area contributed by atoms with Crippen molar-refractivity contribution < 1.29 is 0 Å². The molecular weight excluding hydrogens is 268 g/mol. The number of anilines is 2. The van der Waals surface area contributed by atoms with E-state index in [1.807, 2.05) is 0 Å². The molecule has 2 aromatic carbocycles. The quantitative estimate of drug-likeness (QED) is 0.899. The van der Waals surface area contributed by atoms with E-state index in [0.29, 0.717) is 0 Å². The lowest BCUT2D eigenvalue weighted by atomic mass is 9.87. The van der Waals surface area contributed by atoms with Crippen LogP contribution in [0.1, 0.15) is 35.6 Å². The molecule has 0 saturated carbocycles. The Bertz CT molecular complexity index is 728. The minimum atomic E-state index is 0.718. The number of rotatable bonds is 3. The minimum Gasteiger partial charge on any atom is -0.340 e. The highest BCUT2D eigenvalue weighted by Crippen LogP contribution is 2.46. The number of allylic oxidation sites excluding steroid dienone is 1. The predicted octanol–water partition coefficient (Wildman–Crippen LogP) is 4.56. The van der Waals surface area contributed by atoms with Crippen LogP contribution >= 0.6 is 0 Å². The number of para-hydroxylation sites is 1. The normalized spacial score (nSPS) is 14.9. The summed E-state index contributed by atoms with van der Waals surface area (Å²) in [6.07, 6.45) is 3.22. The first-order valence-corrected chi connectivity index (χ1v) is 8.03. The van der Waals surface area contributed by atoms with Gasteiger partial charge in [0.25, 0.3) is 0 Å². The molecule has 0 fully saturated rings. The summed E-state index contributed by atoms with van der Waals surface area (Å²) in [6, 6.07) is 13.2. The maximum atomic E-state index is 5.77. The van der Waals surface area contributed by atoms with E-state index in [9.17, 15) is 0 Å². The molecule has 1 heterocycles. The second-order valence-electron chi connectivity index (χ2n) is 5.92. The van der Waals surface area contributed by atoms with Crippen LogP contribution in [0.15, 0.2) is 42.5 Å². The molecule has 1 aliphatic heterocycles. The highest BCUT2D eigenvalue weighted by Gasteiger charge is 2.27. The standard InChI is InChI=1S/C20H24N2/c1-4-16-17-8-5-6-9-19(17)22(13-7-12-21)20-15(3)14(2)10-11-18(16)20/h4-6,8-11H,7,12-13,21H2,1-3H3. The zero-order valence-corrected chi connectivity index (χ0v) is 13.7. The van der Waals surface area contributed by atoms with Crippen LogP contribution in [0.5, 0.6) is 0 Å². The molecule has 0 unspecified atom stereocenters. The molecule has 1 aliphatic rings. The lowest BCUT2D eigenvalue weighted by molar-refractivity contribution is 0.812. The third kappa shape index (κ3) is 2.24. The lowest BCUT2D eigenvalue weighted by Crippen LogP contribution is -2.26. The minimum absolute atomic E-state index is 0.718. The van der Waals surface area contributed by atoms with Gasteiger partial charge in [0.2, 0.25) is 0 Å². The van der Waals surface area contributed by atoms with E-state index in [1.54, 1.807) is 0 Å². The van der Waals surface area contributed by atoms with Gasteiger partial charge >= 0.3 is 0 Å². The first-order chi connectivity index (χ1) is 10.7. The van der Waals surface area contributed by atoms with Crippen molar-refractivity contribution >= 4 is 16.9 Å². The Morgan fingerprint density at radius 3 is 2.55 bits per heavy atom. The van der Waals surface area contributed by atoms with Crippen molar-refractivity contribution in [3.63, 3.8) is 0 Å². The van der Waals surface area contributed by atoms with Gasteiger partial charge in [-0.2, -0.15) is 0 Å². The van der Waals surface area contributed by atoms with Gasteiger partial charge in [0, 0.05) is 23.4 Å². The second kappa shape index (κ2) is 5.98. The second-order valence-corrected chi connectivity index (χ2v) is 5.92. The molecule has 0 aliphatic carbocycles. The van der Waals surface area contributed by atoms with E-state index in [-0.39, 0.29) is 0 Å². The summed E-state index contributed by atoms with van der Waals surface area (Å²) in [5.41, 5.74) is 15.1. The summed E-state index contributed by atoms with van der Waals surface area (Å²) in [6.45, 7) is 8.22. The predicted molar refractivity (Wildman–Crippen MR) is 95.8 cm³/mol. The number of aryl methyl sites for hydroxylation is 1. The Hall–Kier alpha value is -2.06. The molecule has 0 bridgehead atoms. The lowest BCUT2D eigenvalue weighted by Gasteiger charge is -2.36. The molecule has 114 valence electrons. The highest BCUT2D eigenvalue weighted by molar-refractivity contribution is 5.98. The number of nitrogens with two attached hydrogens (primary N) is 1. The third-order valence-electron chi connectivity index (χ3n) is 4.62. The van der Waals surface area contributed by atoms with E-state index < -0.39 is 0 Å². The van der Waals surface area contributed by atoms with Crippen molar-refractivity contribution in [2.75, 3.05) is 18.0 Å².